The van der Waals surface area contributed by atoms with E-state index in [9.17, 15) is 9.90 Å². The number of hydrogen-bond acceptors (Lipinski definition) is 3. The van der Waals surface area contributed by atoms with Crippen LogP contribution in [0.15, 0.2) is 48.7 Å². The van der Waals surface area contributed by atoms with Gasteiger partial charge in [-0.3, -0.25) is 9.36 Å². The van der Waals surface area contributed by atoms with Crippen molar-refractivity contribution < 1.29 is 9.90 Å². The number of urea groups is 1. The third-order valence-electron chi connectivity index (χ3n) is 4.69. The van der Waals surface area contributed by atoms with Crippen LogP contribution in [-0.2, 0) is 7.05 Å². The molecule has 0 saturated carbocycles. The highest BCUT2D eigenvalue weighted by molar-refractivity contribution is 5.91. The zero-order chi connectivity index (χ0) is 18.3. The van der Waals surface area contributed by atoms with Crippen molar-refractivity contribution in [1.82, 2.24) is 14.7 Å². The summed E-state index contributed by atoms with van der Waals surface area (Å²) in [7, 11) is 1.98. The minimum Gasteiger partial charge on any atom is -0.507 e. The fourth-order valence-electron chi connectivity index (χ4n) is 3.45. The van der Waals surface area contributed by atoms with Crippen LogP contribution in [0.4, 0.5) is 10.5 Å². The maximum Gasteiger partial charge on any atom is 0.319 e. The first-order chi connectivity index (χ1) is 12.6. The van der Waals surface area contributed by atoms with Crippen LogP contribution in [0.5, 0.6) is 5.75 Å². The van der Waals surface area contributed by atoms with Crippen LogP contribution in [0.2, 0.25) is 0 Å². The third kappa shape index (κ3) is 2.54. The molecule has 1 atom stereocenters. The summed E-state index contributed by atoms with van der Waals surface area (Å²) >= 11 is 0. The first-order valence-corrected chi connectivity index (χ1v) is 8.30. The smallest absolute Gasteiger partial charge is 0.319 e. The Bertz CT molecular complexity index is 1000. The second-order valence-electron chi connectivity index (χ2n) is 6.29. The van der Waals surface area contributed by atoms with Gasteiger partial charge in [-0.25, -0.2) is 4.79 Å². The van der Waals surface area contributed by atoms with Gasteiger partial charge in [0.2, 0.25) is 0 Å². The van der Waals surface area contributed by atoms with E-state index in [-0.39, 0.29) is 17.8 Å². The van der Waals surface area contributed by atoms with Gasteiger partial charge in [0.05, 0.1) is 11.7 Å². The molecule has 4 N–H and O–H groups in total. The van der Waals surface area contributed by atoms with Crippen molar-refractivity contribution in [3.05, 3.63) is 59.8 Å². The number of aromatic nitrogens is 2. The molecule has 7 nitrogen and oxygen atoms in total. The average Bonchev–Trinajstić information content (AvgIpc) is 2.88. The molecule has 0 aliphatic carbocycles. The molecular formula is C19H19N5O2. The van der Waals surface area contributed by atoms with Gasteiger partial charge in [-0.1, -0.05) is 24.3 Å². The predicted octanol–water partition coefficient (Wildman–Crippen LogP) is 2.92. The van der Waals surface area contributed by atoms with Crippen molar-refractivity contribution in [2.24, 2.45) is 7.05 Å². The fourth-order valence-corrected chi connectivity index (χ4v) is 3.45. The highest BCUT2D eigenvalue weighted by Crippen LogP contribution is 2.40. The second kappa shape index (κ2) is 6.11. The van der Waals surface area contributed by atoms with Gasteiger partial charge in [0.1, 0.15) is 5.75 Å². The number of aryl methyl sites for hydroxylation is 1. The van der Waals surface area contributed by atoms with Crippen molar-refractivity contribution >= 4 is 17.9 Å². The van der Waals surface area contributed by atoms with Gasteiger partial charge >= 0.3 is 6.03 Å². The molecule has 0 saturated heterocycles. The van der Waals surface area contributed by atoms with E-state index < -0.39 is 0 Å². The number of phenolic OH excluding ortho intramolecular Hbond substituents is 1. The van der Waals surface area contributed by atoms with Gasteiger partial charge in [0.15, 0.2) is 0 Å². The number of nitrogens with one attached hydrogen (secondary N) is 3. The number of phenols is 1. The number of anilines is 1. The lowest BCUT2D eigenvalue weighted by Crippen LogP contribution is -2.35. The van der Waals surface area contributed by atoms with Gasteiger partial charge in [0.25, 0.3) is 0 Å². The van der Waals surface area contributed by atoms with E-state index in [0.717, 1.165) is 6.21 Å². The Balaban J connectivity index is 1.45. The molecule has 2 aromatic carbocycles. The summed E-state index contributed by atoms with van der Waals surface area (Å²) < 4.78 is 4.18. The van der Waals surface area contributed by atoms with Gasteiger partial charge in [-0.05, 0) is 17.7 Å². The number of aromatic hydroxyl groups is 1. The third-order valence-corrected chi connectivity index (χ3v) is 4.69. The number of rotatable bonds is 4. The van der Waals surface area contributed by atoms with Crippen LogP contribution in [0.3, 0.4) is 0 Å². The summed E-state index contributed by atoms with van der Waals surface area (Å²) in [5, 5.41) is 22.6. The van der Waals surface area contributed by atoms with E-state index >= 15 is 0 Å². The Kier molecular flexibility index (Phi) is 3.76. The molecule has 0 spiro atoms. The summed E-state index contributed by atoms with van der Waals surface area (Å²) in [5.41, 5.74) is 4.43. The summed E-state index contributed by atoms with van der Waals surface area (Å²) in [6, 6.07) is 12.6. The standard InChI is InChI=1S/C19H19N5O2/c1-23-11-17-15-5-3-2-4-14(15)16(24(17)23)10-21-19(26)22-13-7-6-12(9-20)18(25)8-13/h2-9,11,16,20,25H,10H2,1H3,(H2,21,22,26). The topological polar surface area (TPSA) is 95.1 Å². The number of nitrogens with zero attached hydrogens (tertiary/aromatic N) is 2. The molecule has 132 valence electrons. The molecule has 1 aliphatic heterocycles. The molecule has 1 aliphatic rings. The van der Waals surface area contributed by atoms with Crippen molar-refractivity contribution in [2.75, 3.05) is 11.9 Å². The monoisotopic (exact) mass is 349 g/mol. The molecule has 0 radical (unpaired) electrons. The summed E-state index contributed by atoms with van der Waals surface area (Å²) in [6.45, 7) is 0.453. The highest BCUT2D eigenvalue weighted by Gasteiger charge is 2.31. The largest absolute Gasteiger partial charge is 0.507 e. The zero-order valence-corrected chi connectivity index (χ0v) is 14.2. The Hall–Kier alpha value is -3.48. The van der Waals surface area contributed by atoms with Crippen LogP contribution in [-0.4, -0.2) is 33.3 Å². The molecule has 1 aromatic heterocycles. The number of benzene rings is 2. The van der Waals surface area contributed by atoms with Crippen molar-refractivity contribution in [2.45, 2.75) is 6.04 Å². The molecule has 4 rings (SSSR count). The number of carbonyl (C=O) groups excluding carboxylic acids is 1. The molecule has 26 heavy (non-hydrogen) atoms. The number of fused-ring (bicyclic) bond motifs is 3. The molecular weight excluding hydrogens is 330 g/mol. The Morgan fingerprint density at radius 2 is 2.12 bits per heavy atom. The summed E-state index contributed by atoms with van der Waals surface area (Å²) in [4.78, 5) is 12.2. The van der Waals surface area contributed by atoms with Gasteiger partial charge < -0.3 is 21.1 Å². The Morgan fingerprint density at radius 1 is 1.31 bits per heavy atom. The minimum atomic E-state index is -0.343. The molecule has 2 amide bonds. The van der Waals surface area contributed by atoms with Gasteiger partial charge in [0, 0.05) is 48.9 Å². The first kappa shape index (κ1) is 16.0. The SMILES string of the molecule is Cn1cc2n1C(CNC(=O)Nc1ccc(C=N)c(O)c1)c1ccccc1-2. The van der Waals surface area contributed by atoms with Crippen molar-refractivity contribution in [1.29, 1.82) is 5.41 Å². The van der Waals surface area contributed by atoms with E-state index in [2.05, 4.69) is 33.6 Å². The molecule has 7 heteroatoms. The fraction of sp³-hybridized carbons (Fsp3) is 0.158. The summed E-state index contributed by atoms with van der Waals surface area (Å²) in [6.07, 6.45) is 3.14. The lowest BCUT2D eigenvalue weighted by molar-refractivity contribution is 0.250. The molecule has 0 fully saturated rings. The number of hydrogen-bond donors (Lipinski definition) is 4. The van der Waals surface area contributed by atoms with E-state index in [0.29, 0.717) is 17.8 Å². The molecule has 3 aromatic rings. The normalized spacial score (nSPS) is 14.6. The lowest BCUT2D eigenvalue weighted by Gasteiger charge is -2.24. The van der Waals surface area contributed by atoms with E-state index in [1.807, 2.05) is 23.9 Å². The lowest BCUT2D eigenvalue weighted by atomic mass is 10.0. The predicted molar refractivity (Wildman–Crippen MR) is 100.0 cm³/mol. The van der Waals surface area contributed by atoms with E-state index in [4.69, 9.17) is 5.41 Å². The second-order valence-corrected chi connectivity index (χ2v) is 6.29. The van der Waals surface area contributed by atoms with Crippen LogP contribution in [0.25, 0.3) is 11.3 Å². The first-order valence-electron chi connectivity index (χ1n) is 8.30. The van der Waals surface area contributed by atoms with Crippen LogP contribution >= 0.6 is 0 Å². The number of amides is 2. The van der Waals surface area contributed by atoms with Crippen LogP contribution in [0, 0.1) is 5.41 Å². The maximum absolute atomic E-state index is 12.2. The minimum absolute atomic E-state index is 0.0421. The van der Waals surface area contributed by atoms with E-state index in [1.165, 1.54) is 22.9 Å². The molecule has 2 heterocycles. The van der Waals surface area contributed by atoms with E-state index in [1.54, 1.807) is 12.1 Å². The van der Waals surface area contributed by atoms with Crippen LogP contribution in [0.1, 0.15) is 17.2 Å². The van der Waals surface area contributed by atoms with Crippen molar-refractivity contribution in [3.63, 3.8) is 0 Å². The quantitative estimate of drug-likeness (QED) is 0.545. The maximum atomic E-state index is 12.2. The zero-order valence-electron chi connectivity index (χ0n) is 14.2. The van der Waals surface area contributed by atoms with Crippen molar-refractivity contribution in [3.8, 4) is 17.0 Å². The average molecular weight is 349 g/mol. The van der Waals surface area contributed by atoms with Crippen LogP contribution < -0.4 is 10.6 Å². The Morgan fingerprint density at radius 3 is 2.85 bits per heavy atom. The summed E-state index contributed by atoms with van der Waals surface area (Å²) in [5.74, 6) is -0.0421. The Labute approximate surface area is 150 Å². The molecule has 1 unspecified atom stereocenters. The highest BCUT2D eigenvalue weighted by atomic mass is 16.3. The number of carbonyl (C=O) groups is 1. The van der Waals surface area contributed by atoms with Gasteiger partial charge in [-0.15, -0.1) is 0 Å². The van der Waals surface area contributed by atoms with Gasteiger partial charge in [-0.2, -0.15) is 0 Å². The molecule has 0 bridgehead atoms.